The van der Waals surface area contributed by atoms with Gasteiger partial charge in [0.05, 0.1) is 11.7 Å². The third-order valence-electron chi connectivity index (χ3n) is 5.55. The van der Waals surface area contributed by atoms with Crippen LogP contribution in [-0.2, 0) is 17.6 Å². The van der Waals surface area contributed by atoms with Gasteiger partial charge < -0.3 is 5.32 Å². The van der Waals surface area contributed by atoms with Gasteiger partial charge in [-0.05, 0) is 61.8 Å². The second-order valence-corrected chi connectivity index (χ2v) is 8.86. The molecule has 0 fully saturated rings. The van der Waals surface area contributed by atoms with Crippen LogP contribution in [0, 0.1) is 12.8 Å². The molecule has 2 heterocycles. The van der Waals surface area contributed by atoms with Crippen molar-refractivity contribution in [2.24, 2.45) is 5.92 Å². The second kappa shape index (κ2) is 7.51. The molecule has 1 N–H and O–H groups in total. The van der Waals surface area contributed by atoms with Crippen molar-refractivity contribution in [3.63, 3.8) is 0 Å². The summed E-state index contributed by atoms with van der Waals surface area (Å²) in [4.78, 5) is 32.9. The summed E-state index contributed by atoms with van der Waals surface area (Å²) >= 11 is 1.63. The molecule has 0 radical (unpaired) electrons. The van der Waals surface area contributed by atoms with Crippen LogP contribution in [0.25, 0.3) is 10.2 Å². The van der Waals surface area contributed by atoms with E-state index in [1.54, 1.807) is 17.7 Å². The minimum Gasteiger partial charge on any atom is -0.324 e. The summed E-state index contributed by atoms with van der Waals surface area (Å²) in [5.74, 6) is 0.459. The molecule has 0 saturated heterocycles. The fourth-order valence-corrected chi connectivity index (χ4v) is 5.36. The molecule has 1 aliphatic rings. The first-order valence-electron chi connectivity index (χ1n) is 9.86. The number of carbonyl (C=O) groups excluding carboxylic acids is 1. The van der Waals surface area contributed by atoms with Gasteiger partial charge in [-0.1, -0.05) is 26.0 Å². The fraction of sp³-hybridized carbons (Fsp3) is 0.409. The predicted molar refractivity (Wildman–Crippen MR) is 114 cm³/mol. The van der Waals surface area contributed by atoms with Gasteiger partial charge in [-0.15, -0.1) is 11.3 Å². The number of nitrogens with zero attached hydrogens (tertiary/aromatic N) is 2. The van der Waals surface area contributed by atoms with E-state index in [2.05, 4.69) is 17.2 Å². The smallest absolute Gasteiger partial charge is 0.263 e. The maximum atomic E-state index is 13.3. The van der Waals surface area contributed by atoms with Crippen molar-refractivity contribution in [3.8, 4) is 0 Å². The lowest BCUT2D eigenvalue weighted by Gasteiger charge is -2.19. The zero-order valence-corrected chi connectivity index (χ0v) is 17.3. The van der Waals surface area contributed by atoms with Crippen molar-refractivity contribution >= 4 is 33.1 Å². The first-order valence-corrected chi connectivity index (χ1v) is 10.7. The number of rotatable bonds is 4. The summed E-state index contributed by atoms with van der Waals surface area (Å²) in [7, 11) is 0. The Kier molecular flexibility index (Phi) is 5.06. The number of hydrogen-bond donors (Lipinski definition) is 1. The maximum absolute atomic E-state index is 13.3. The van der Waals surface area contributed by atoms with E-state index in [9.17, 15) is 9.59 Å². The van der Waals surface area contributed by atoms with Gasteiger partial charge >= 0.3 is 0 Å². The van der Waals surface area contributed by atoms with Gasteiger partial charge in [-0.2, -0.15) is 0 Å². The number of thiophene rings is 1. The SMILES string of the molecule is CCC(C(=O)Nc1cccc(C)c1)n1cnc2sc3c(c2c1=O)CCC(C)C3. The number of amides is 1. The molecule has 1 amide bonds. The molecule has 0 spiro atoms. The number of aryl methyl sites for hydroxylation is 2. The molecule has 146 valence electrons. The Labute approximate surface area is 168 Å². The first kappa shape index (κ1) is 18.9. The molecule has 5 nitrogen and oxygen atoms in total. The Morgan fingerprint density at radius 2 is 2.25 bits per heavy atom. The average Bonchev–Trinajstić information content (AvgIpc) is 3.02. The Balaban J connectivity index is 1.71. The van der Waals surface area contributed by atoms with Gasteiger partial charge in [0, 0.05) is 10.6 Å². The van der Waals surface area contributed by atoms with Gasteiger partial charge in [-0.25, -0.2) is 4.98 Å². The summed E-state index contributed by atoms with van der Waals surface area (Å²) in [6.07, 6.45) is 5.09. The molecule has 3 aromatic rings. The summed E-state index contributed by atoms with van der Waals surface area (Å²) < 4.78 is 1.51. The molecule has 0 aliphatic heterocycles. The molecular weight excluding hydrogens is 370 g/mol. The monoisotopic (exact) mass is 395 g/mol. The van der Waals surface area contributed by atoms with Gasteiger partial charge in [0.15, 0.2) is 0 Å². The predicted octanol–water partition coefficient (Wildman–Crippen LogP) is 4.48. The summed E-state index contributed by atoms with van der Waals surface area (Å²) in [6.45, 7) is 6.15. The van der Waals surface area contributed by atoms with Crippen molar-refractivity contribution in [1.82, 2.24) is 9.55 Å². The Hall–Kier alpha value is -2.47. The molecule has 2 aromatic heterocycles. The van der Waals surface area contributed by atoms with Crippen LogP contribution in [0.4, 0.5) is 5.69 Å². The van der Waals surface area contributed by atoms with Crippen molar-refractivity contribution in [2.75, 3.05) is 5.32 Å². The molecular formula is C22H25N3O2S. The topological polar surface area (TPSA) is 64.0 Å². The van der Waals surface area contributed by atoms with Crippen LogP contribution in [0.5, 0.6) is 0 Å². The molecule has 28 heavy (non-hydrogen) atoms. The van der Waals surface area contributed by atoms with Gasteiger partial charge in [-0.3, -0.25) is 14.2 Å². The van der Waals surface area contributed by atoms with E-state index in [0.29, 0.717) is 12.3 Å². The second-order valence-electron chi connectivity index (χ2n) is 7.77. The summed E-state index contributed by atoms with van der Waals surface area (Å²) in [5.41, 5.74) is 2.87. The van der Waals surface area contributed by atoms with Crippen molar-refractivity contribution in [2.45, 2.75) is 52.5 Å². The van der Waals surface area contributed by atoms with Gasteiger partial charge in [0.1, 0.15) is 10.9 Å². The lowest BCUT2D eigenvalue weighted by molar-refractivity contribution is -0.119. The highest BCUT2D eigenvalue weighted by atomic mass is 32.1. The Bertz CT molecular complexity index is 1100. The van der Waals surface area contributed by atoms with Crippen LogP contribution >= 0.6 is 11.3 Å². The Morgan fingerprint density at radius 1 is 1.43 bits per heavy atom. The minimum absolute atomic E-state index is 0.0942. The van der Waals surface area contributed by atoms with Crippen LogP contribution in [0.1, 0.15) is 48.7 Å². The number of hydrogen-bond acceptors (Lipinski definition) is 4. The lowest BCUT2D eigenvalue weighted by atomic mass is 9.89. The zero-order valence-electron chi connectivity index (χ0n) is 16.5. The highest BCUT2D eigenvalue weighted by Gasteiger charge is 2.26. The number of carbonyl (C=O) groups is 1. The highest BCUT2D eigenvalue weighted by Crippen LogP contribution is 2.35. The van der Waals surface area contributed by atoms with Crippen LogP contribution in [0.15, 0.2) is 35.4 Å². The van der Waals surface area contributed by atoms with E-state index < -0.39 is 6.04 Å². The van der Waals surface area contributed by atoms with Crippen LogP contribution in [0.3, 0.4) is 0 Å². The van der Waals surface area contributed by atoms with Crippen molar-refractivity contribution in [1.29, 1.82) is 0 Å². The minimum atomic E-state index is -0.581. The lowest BCUT2D eigenvalue weighted by Crippen LogP contribution is -2.33. The zero-order chi connectivity index (χ0) is 19.8. The Morgan fingerprint density at radius 3 is 3.00 bits per heavy atom. The standard InChI is InChI=1S/C22H25N3O2S/c1-4-17(20(26)24-15-7-5-6-13(2)10-15)25-12-23-21-19(22(25)27)16-9-8-14(3)11-18(16)28-21/h5-7,10,12,14,17H,4,8-9,11H2,1-3H3,(H,24,26). The summed E-state index contributed by atoms with van der Waals surface area (Å²) in [6, 6.07) is 7.09. The van der Waals surface area contributed by atoms with E-state index in [1.165, 1.54) is 9.44 Å². The van der Waals surface area contributed by atoms with Crippen LogP contribution in [-0.4, -0.2) is 15.5 Å². The van der Waals surface area contributed by atoms with E-state index in [0.717, 1.165) is 46.3 Å². The van der Waals surface area contributed by atoms with Crippen LogP contribution < -0.4 is 10.9 Å². The normalized spacial score (nSPS) is 17.3. The molecule has 6 heteroatoms. The molecule has 4 rings (SSSR count). The molecule has 0 bridgehead atoms. The first-order chi connectivity index (χ1) is 13.5. The molecule has 0 saturated carbocycles. The van der Waals surface area contributed by atoms with Crippen LogP contribution in [0.2, 0.25) is 0 Å². The van der Waals surface area contributed by atoms with E-state index in [1.807, 2.05) is 38.1 Å². The fourth-order valence-electron chi connectivity index (χ4n) is 4.02. The summed E-state index contributed by atoms with van der Waals surface area (Å²) in [5, 5.41) is 3.66. The van der Waals surface area contributed by atoms with Gasteiger partial charge in [0.25, 0.3) is 5.56 Å². The number of nitrogens with one attached hydrogen (secondary N) is 1. The van der Waals surface area contributed by atoms with Crippen molar-refractivity contribution in [3.05, 3.63) is 57.0 Å². The average molecular weight is 396 g/mol. The number of benzene rings is 1. The van der Waals surface area contributed by atoms with Gasteiger partial charge in [0.2, 0.25) is 5.91 Å². The number of aromatic nitrogens is 2. The quantitative estimate of drug-likeness (QED) is 0.708. The molecule has 2 unspecified atom stereocenters. The third-order valence-corrected chi connectivity index (χ3v) is 6.71. The van der Waals surface area contributed by atoms with E-state index in [4.69, 9.17) is 0 Å². The number of anilines is 1. The third kappa shape index (κ3) is 3.37. The van der Waals surface area contributed by atoms with Crippen molar-refractivity contribution < 1.29 is 4.79 Å². The highest BCUT2D eigenvalue weighted by molar-refractivity contribution is 7.18. The maximum Gasteiger partial charge on any atom is 0.263 e. The number of fused-ring (bicyclic) bond motifs is 3. The van der Waals surface area contributed by atoms with E-state index >= 15 is 0 Å². The van der Waals surface area contributed by atoms with E-state index in [-0.39, 0.29) is 11.5 Å². The molecule has 2 atom stereocenters. The largest absolute Gasteiger partial charge is 0.324 e. The molecule has 1 aliphatic carbocycles. The molecule has 1 aromatic carbocycles.